The van der Waals surface area contributed by atoms with Crippen LogP contribution in [-0.2, 0) is 16.1 Å². The van der Waals surface area contributed by atoms with Crippen LogP contribution < -0.4 is 5.32 Å². The molecule has 1 aromatic heterocycles. The van der Waals surface area contributed by atoms with E-state index in [0.717, 1.165) is 19.4 Å². The van der Waals surface area contributed by atoms with Gasteiger partial charge in [-0.3, -0.25) is 4.79 Å². The fraction of sp³-hybridized carbons (Fsp3) is 0.667. The Bertz CT molecular complexity index is 408. The van der Waals surface area contributed by atoms with Crippen LogP contribution in [0, 0.1) is 5.92 Å². The lowest BCUT2D eigenvalue weighted by atomic mass is 9.92. The third kappa shape index (κ3) is 4.30. The number of carbonyl (C=O) groups excluding carboxylic acids is 1. The largest absolute Gasteiger partial charge is 0.383 e. The number of rotatable bonds is 6. The zero-order valence-corrected chi connectivity index (χ0v) is 13.1. The van der Waals surface area contributed by atoms with Gasteiger partial charge in [0.05, 0.1) is 13.2 Å². The second-order valence-electron chi connectivity index (χ2n) is 5.41. The van der Waals surface area contributed by atoms with E-state index in [1.54, 1.807) is 18.4 Å². The van der Waals surface area contributed by atoms with Crippen LogP contribution in [0.15, 0.2) is 17.5 Å². The smallest absolute Gasteiger partial charge is 0.226 e. The molecule has 1 aliphatic rings. The maximum Gasteiger partial charge on any atom is 0.226 e. The van der Waals surface area contributed by atoms with E-state index in [4.69, 9.17) is 4.74 Å². The van der Waals surface area contributed by atoms with E-state index >= 15 is 0 Å². The van der Waals surface area contributed by atoms with Crippen LogP contribution in [-0.4, -0.2) is 43.7 Å². The van der Waals surface area contributed by atoms with Crippen molar-refractivity contribution in [3.8, 4) is 0 Å². The lowest BCUT2D eigenvalue weighted by Gasteiger charge is -2.32. The zero-order valence-electron chi connectivity index (χ0n) is 12.3. The minimum Gasteiger partial charge on any atom is -0.383 e. The predicted octanol–water partition coefficient (Wildman–Crippen LogP) is 2.11. The SMILES string of the molecule is COCCN(Cc1cccs1)C(=O)C1CCNC(C)C1. The van der Waals surface area contributed by atoms with Crippen molar-refractivity contribution in [2.75, 3.05) is 26.8 Å². The summed E-state index contributed by atoms with van der Waals surface area (Å²) < 4.78 is 5.15. The van der Waals surface area contributed by atoms with Crippen molar-refractivity contribution in [2.24, 2.45) is 5.92 Å². The van der Waals surface area contributed by atoms with Crippen LogP contribution in [0.4, 0.5) is 0 Å². The average molecular weight is 296 g/mol. The molecule has 1 N–H and O–H groups in total. The lowest BCUT2D eigenvalue weighted by Crippen LogP contribution is -2.44. The van der Waals surface area contributed by atoms with Gasteiger partial charge in [-0.15, -0.1) is 11.3 Å². The molecule has 1 saturated heterocycles. The monoisotopic (exact) mass is 296 g/mol. The fourth-order valence-corrected chi connectivity index (χ4v) is 3.39. The van der Waals surface area contributed by atoms with Gasteiger partial charge in [-0.2, -0.15) is 0 Å². The maximum absolute atomic E-state index is 12.7. The summed E-state index contributed by atoms with van der Waals surface area (Å²) in [4.78, 5) is 15.9. The van der Waals surface area contributed by atoms with Crippen LogP contribution in [0.25, 0.3) is 0 Å². The quantitative estimate of drug-likeness (QED) is 0.874. The van der Waals surface area contributed by atoms with Crippen LogP contribution in [0.5, 0.6) is 0 Å². The first-order valence-corrected chi connectivity index (χ1v) is 8.12. The summed E-state index contributed by atoms with van der Waals surface area (Å²) in [6.07, 6.45) is 1.88. The molecule has 0 radical (unpaired) electrons. The molecular weight excluding hydrogens is 272 g/mol. The van der Waals surface area contributed by atoms with Gasteiger partial charge in [0.1, 0.15) is 0 Å². The molecule has 0 spiro atoms. The molecule has 0 saturated carbocycles. The summed E-state index contributed by atoms with van der Waals surface area (Å²) in [5.41, 5.74) is 0. The van der Waals surface area contributed by atoms with Crippen molar-refractivity contribution in [1.29, 1.82) is 0 Å². The van der Waals surface area contributed by atoms with Crippen molar-refractivity contribution < 1.29 is 9.53 Å². The summed E-state index contributed by atoms with van der Waals surface area (Å²) in [5, 5.41) is 5.46. The molecule has 2 heterocycles. The summed E-state index contributed by atoms with van der Waals surface area (Å²) in [6, 6.07) is 4.55. The minimum atomic E-state index is 0.156. The summed E-state index contributed by atoms with van der Waals surface area (Å²) in [6.45, 7) is 5.06. The molecule has 0 aliphatic carbocycles. The van der Waals surface area contributed by atoms with Gasteiger partial charge in [0.25, 0.3) is 0 Å². The first kappa shape index (κ1) is 15.5. The van der Waals surface area contributed by atoms with Crippen LogP contribution in [0.2, 0.25) is 0 Å². The molecule has 2 unspecified atom stereocenters. The van der Waals surface area contributed by atoms with Gasteiger partial charge in [-0.25, -0.2) is 0 Å². The molecule has 2 atom stereocenters. The number of hydrogen-bond donors (Lipinski definition) is 1. The fourth-order valence-electron chi connectivity index (χ4n) is 2.67. The molecule has 112 valence electrons. The van der Waals surface area contributed by atoms with E-state index < -0.39 is 0 Å². The number of ether oxygens (including phenoxy) is 1. The Labute approximate surface area is 125 Å². The molecule has 20 heavy (non-hydrogen) atoms. The molecule has 2 rings (SSSR count). The molecule has 0 aromatic carbocycles. The van der Waals surface area contributed by atoms with E-state index in [1.165, 1.54) is 4.88 Å². The van der Waals surface area contributed by atoms with Crippen molar-refractivity contribution in [3.63, 3.8) is 0 Å². The van der Waals surface area contributed by atoms with Gasteiger partial charge in [0.15, 0.2) is 0 Å². The molecular formula is C15H24N2O2S. The minimum absolute atomic E-state index is 0.156. The first-order valence-electron chi connectivity index (χ1n) is 7.24. The molecule has 0 bridgehead atoms. The standard InChI is InChI=1S/C15H24N2O2S/c1-12-10-13(5-6-16-12)15(18)17(7-8-19-2)11-14-4-3-9-20-14/h3-4,9,12-13,16H,5-8,10-11H2,1-2H3. The molecule has 1 amide bonds. The van der Waals surface area contributed by atoms with E-state index in [1.807, 2.05) is 11.0 Å². The summed E-state index contributed by atoms with van der Waals surface area (Å²) in [7, 11) is 1.68. The van der Waals surface area contributed by atoms with Crippen molar-refractivity contribution in [3.05, 3.63) is 22.4 Å². The summed E-state index contributed by atoms with van der Waals surface area (Å²) >= 11 is 1.70. The maximum atomic E-state index is 12.7. The highest BCUT2D eigenvalue weighted by Crippen LogP contribution is 2.21. The second-order valence-corrected chi connectivity index (χ2v) is 6.44. The number of piperidine rings is 1. The van der Waals surface area contributed by atoms with E-state index in [2.05, 4.69) is 23.7 Å². The van der Waals surface area contributed by atoms with Gasteiger partial charge in [0, 0.05) is 30.5 Å². The highest BCUT2D eigenvalue weighted by molar-refractivity contribution is 7.09. The predicted molar refractivity (Wildman–Crippen MR) is 81.8 cm³/mol. The average Bonchev–Trinajstić information content (AvgIpc) is 2.95. The van der Waals surface area contributed by atoms with Gasteiger partial charge in [0.2, 0.25) is 5.91 Å². The number of methoxy groups -OCH3 is 1. The Morgan fingerprint density at radius 1 is 1.60 bits per heavy atom. The highest BCUT2D eigenvalue weighted by atomic mass is 32.1. The number of amides is 1. The van der Waals surface area contributed by atoms with E-state index in [-0.39, 0.29) is 11.8 Å². The van der Waals surface area contributed by atoms with Crippen LogP contribution in [0.3, 0.4) is 0 Å². The second kappa shape index (κ2) is 7.76. The number of carbonyl (C=O) groups is 1. The first-order chi connectivity index (χ1) is 9.70. The number of nitrogens with zero attached hydrogens (tertiary/aromatic N) is 1. The molecule has 1 fully saturated rings. The van der Waals surface area contributed by atoms with Crippen molar-refractivity contribution in [2.45, 2.75) is 32.4 Å². The normalized spacial score (nSPS) is 22.7. The van der Waals surface area contributed by atoms with E-state index in [9.17, 15) is 4.79 Å². The third-order valence-corrected chi connectivity index (χ3v) is 4.64. The highest BCUT2D eigenvalue weighted by Gasteiger charge is 2.28. The summed E-state index contributed by atoms with van der Waals surface area (Å²) in [5.74, 6) is 0.437. The Kier molecular flexibility index (Phi) is 6.01. The Morgan fingerprint density at radius 2 is 2.45 bits per heavy atom. The van der Waals surface area contributed by atoms with Crippen molar-refractivity contribution in [1.82, 2.24) is 10.2 Å². The topological polar surface area (TPSA) is 41.6 Å². The lowest BCUT2D eigenvalue weighted by molar-refractivity contribution is -0.138. The van der Waals surface area contributed by atoms with Crippen molar-refractivity contribution >= 4 is 17.2 Å². The van der Waals surface area contributed by atoms with Gasteiger partial charge in [-0.1, -0.05) is 6.07 Å². The zero-order chi connectivity index (χ0) is 14.4. The molecule has 1 aromatic rings. The van der Waals surface area contributed by atoms with Gasteiger partial charge >= 0.3 is 0 Å². The third-order valence-electron chi connectivity index (χ3n) is 3.78. The van der Waals surface area contributed by atoms with Crippen LogP contribution >= 0.6 is 11.3 Å². The number of hydrogen-bond acceptors (Lipinski definition) is 4. The number of thiophene rings is 1. The number of nitrogens with one attached hydrogen (secondary N) is 1. The van der Waals surface area contributed by atoms with Gasteiger partial charge in [-0.05, 0) is 37.8 Å². The molecule has 4 nitrogen and oxygen atoms in total. The Hall–Kier alpha value is -0.910. The molecule has 1 aliphatic heterocycles. The van der Waals surface area contributed by atoms with Crippen LogP contribution in [0.1, 0.15) is 24.6 Å². The molecule has 5 heteroatoms. The van der Waals surface area contributed by atoms with Gasteiger partial charge < -0.3 is 15.0 Å². The van der Waals surface area contributed by atoms with E-state index in [0.29, 0.717) is 25.7 Å². The Morgan fingerprint density at radius 3 is 3.10 bits per heavy atom. The Balaban J connectivity index is 1.98.